The van der Waals surface area contributed by atoms with Gasteiger partial charge in [-0.15, -0.1) is 0 Å². The molecule has 0 spiro atoms. The van der Waals surface area contributed by atoms with Crippen LogP contribution in [-0.4, -0.2) is 24.0 Å². The highest BCUT2D eigenvalue weighted by molar-refractivity contribution is 7.17. The number of thiazole rings is 1. The van der Waals surface area contributed by atoms with Crippen LogP contribution in [0.5, 0.6) is 0 Å². The van der Waals surface area contributed by atoms with Gasteiger partial charge in [0, 0.05) is 6.08 Å². The molecule has 0 fully saturated rings. The molecule has 3 rings (SSSR count). The number of benzene rings is 1. The van der Waals surface area contributed by atoms with Crippen molar-refractivity contribution >= 4 is 45.4 Å². The second-order valence-electron chi connectivity index (χ2n) is 5.26. The third kappa shape index (κ3) is 3.55. The van der Waals surface area contributed by atoms with Gasteiger partial charge in [-0.3, -0.25) is 14.9 Å². The van der Waals surface area contributed by atoms with Crippen LogP contribution in [0.25, 0.3) is 17.0 Å². The van der Waals surface area contributed by atoms with Gasteiger partial charge in [0.15, 0.2) is 10.6 Å². The molecular weight excluding hydrogens is 356 g/mol. The van der Waals surface area contributed by atoms with E-state index in [9.17, 15) is 14.4 Å². The first-order chi connectivity index (χ1) is 12.5. The Morgan fingerprint density at radius 2 is 2.08 bits per heavy atom. The van der Waals surface area contributed by atoms with Crippen LogP contribution in [0.1, 0.15) is 20.9 Å². The Labute approximate surface area is 151 Å². The quantitative estimate of drug-likeness (QED) is 0.560. The number of esters is 1. The van der Waals surface area contributed by atoms with E-state index in [1.165, 1.54) is 25.5 Å². The number of hydrogen-bond donors (Lipinski definition) is 1. The van der Waals surface area contributed by atoms with Crippen LogP contribution in [0.4, 0.5) is 5.13 Å². The van der Waals surface area contributed by atoms with Crippen LogP contribution in [0.15, 0.2) is 45.8 Å². The lowest BCUT2D eigenvalue weighted by Gasteiger charge is -1.98. The predicted molar refractivity (Wildman–Crippen MR) is 98.3 cm³/mol. The van der Waals surface area contributed by atoms with E-state index in [0.717, 1.165) is 11.3 Å². The normalized spacial score (nSPS) is 11.0. The Balaban J connectivity index is 1.77. The van der Waals surface area contributed by atoms with Gasteiger partial charge in [0.05, 0.1) is 23.8 Å². The summed E-state index contributed by atoms with van der Waals surface area (Å²) in [6.45, 7) is 1.65. The third-order valence-electron chi connectivity index (χ3n) is 3.52. The number of methoxy groups -OCH3 is 1. The fourth-order valence-electron chi connectivity index (χ4n) is 2.25. The number of hydrogen-bond acceptors (Lipinski definition) is 7. The highest BCUT2D eigenvalue weighted by atomic mass is 32.1. The van der Waals surface area contributed by atoms with Crippen molar-refractivity contribution in [2.75, 3.05) is 12.4 Å². The summed E-state index contributed by atoms with van der Waals surface area (Å²) in [6, 6.07) is 6.86. The molecule has 0 saturated carbocycles. The molecule has 0 bridgehead atoms. The number of carbonyl (C=O) groups is 2. The van der Waals surface area contributed by atoms with Crippen molar-refractivity contribution in [3.05, 3.63) is 63.0 Å². The fourth-order valence-corrected chi connectivity index (χ4v) is 3.14. The molecule has 1 N–H and O–H groups in total. The van der Waals surface area contributed by atoms with E-state index >= 15 is 0 Å². The van der Waals surface area contributed by atoms with E-state index in [2.05, 4.69) is 15.0 Å². The summed E-state index contributed by atoms with van der Waals surface area (Å²) in [4.78, 5) is 40.4. The number of aryl methyl sites for hydroxylation is 1. The number of amides is 1. The molecule has 8 heteroatoms. The Morgan fingerprint density at radius 1 is 1.31 bits per heavy atom. The average Bonchev–Trinajstić information content (AvgIpc) is 3.00. The molecule has 1 aromatic carbocycles. The molecule has 0 aliphatic carbocycles. The molecule has 3 aromatic rings. The van der Waals surface area contributed by atoms with Gasteiger partial charge in [0.25, 0.3) is 0 Å². The largest absolute Gasteiger partial charge is 0.465 e. The number of anilines is 1. The zero-order valence-corrected chi connectivity index (χ0v) is 14.8. The van der Waals surface area contributed by atoms with E-state index in [-0.39, 0.29) is 16.1 Å². The number of rotatable bonds is 4. The minimum Gasteiger partial charge on any atom is -0.465 e. The minimum atomic E-state index is -0.509. The van der Waals surface area contributed by atoms with Gasteiger partial charge in [-0.1, -0.05) is 23.5 Å². The number of aromatic nitrogens is 1. The molecule has 26 heavy (non-hydrogen) atoms. The first-order valence-electron chi connectivity index (χ1n) is 7.55. The Kier molecular flexibility index (Phi) is 4.94. The monoisotopic (exact) mass is 370 g/mol. The predicted octanol–water partition coefficient (Wildman–Crippen LogP) is 3.00. The van der Waals surface area contributed by atoms with E-state index in [1.54, 1.807) is 31.2 Å². The minimum absolute atomic E-state index is 0.228. The lowest BCUT2D eigenvalue weighted by atomic mass is 10.1. The van der Waals surface area contributed by atoms with Crippen LogP contribution in [0.3, 0.4) is 0 Å². The summed E-state index contributed by atoms with van der Waals surface area (Å²) in [5.74, 6) is -0.993. The molecule has 0 saturated heterocycles. The number of nitrogens with one attached hydrogen (secondary N) is 1. The van der Waals surface area contributed by atoms with Crippen LogP contribution < -0.4 is 10.7 Å². The van der Waals surface area contributed by atoms with Gasteiger partial charge < -0.3 is 9.15 Å². The van der Waals surface area contributed by atoms with Crippen molar-refractivity contribution in [1.82, 2.24) is 4.98 Å². The van der Waals surface area contributed by atoms with Crippen LogP contribution in [0.2, 0.25) is 0 Å². The van der Waals surface area contributed by atoms with Gasteiger partial charge in [-0.05, 0) is 25.1 Å². The summed E-state index contributed by atoms with van der Waals surface area (Å²) in [6.07, 6.45) is 3.88. The van der Waals surface area contributed by atoms with Crippen molar-refractivity contribution < 1.29 is 18.7 Å². The van der Waals surface area contributed by atoms with Crippen molar-refractivity contribution in [1.29, 1.82) is 0 Å². The number of para-hydroxylation sites is 1. The maximum atomic E-state index is 12.4. The summed E-state index contributed by atoms with van der Waals surface area (Å²) in [5, 5.41) is 3.26. The number of fused-ring (bicyclic) bond motifs is 1. The molecule has 1 amide bonds. The van der Waals surface area contributed by atoms with Crippen molar-refractivity contribution in [3.63, 3.8) is 0 Å². The van der Waals surface area contributed by atoms with Gasteiger partial charge >= 0.3 is 5.97 Å². The highest BCUT2D eigenvalue weighted by Gasteiger charge is 2.16. The van der Waals surface area contributed by atoms with Crippen molar-refractivity contribution in [2.45, 2.75) is 6.92 Å². The smallest absolute Gasteiger partial charge is 0.350 e. The van der Waals surface area contributed by atoms with Crippen molar-refractivity contribution in [3.8, 4) is 0 Å². The van der Waals surface area contributed by atoms with Crippen molar-refractivity contribution in [2.24, 2.45) is 0 Å². The lowest BCUT2D eigenvalue weighted by molar-refractivity contribution is -0.111. The topological polar surface area (TPSA) is 98.5 Å². The van der Waals surface area contributed by atoms with Gasteiger partial charge in [0.2, 0.25) is 5.91 Å². The average molecular weight is 370 g/mol. The summed E-state index contributed by atoms with van der Waals surface area (Å²) in [5.41, 5.74) is 0.974. The number of carbonyl (C=O) groups excluding carboxylic acids is 2. The maximum absolute atomic E-state index is 12.4. The Morgan fingerprint density at radius 3 is 2.85 bits per heavy atom. The molecule has 0 aliphatic rings. The second kappa shape index (κ2) is 7.32. The SMILES string of the molecule is COC(=O)c1sc(NC(=O)/C=C/c2coc3ccccc3c2=O)nc1C. The van der Waals surface area contributed by atoms with E-state index in [1.807, 2.05) is 0 Å². The molecule has 0 radical (unpaired) electrons. The summed E-state index contributed by atoms with van der Waals surface area (Å²) in [7, 11) is 1.28. The Hall–Kier alpha value is -3.26. The van der Waals surface area contributed by atoms with Crippen LogP contribution >= 0.6 is 11.3 Å². The molecule has 0 unspecified atom stereocenters. The standard InChI is InChI=1S/C18H14N2O5S/c1-10-16(17(23)24-2)26-18(19-10)20-14(21)8-7-11-9-25-13-6-4-3-5-12(13)15(11)22/h3-9H,1-2H3,(H,19,20,21)/b8-7+. The second-order valence-corrected chi connectivity index (χ2v) is 6.26. The number of ether oxygens (including phenoxy) is 1. The summed E-state index contributed by atoms with van der Waals surface area (Å²) >= 11 is 1.02. The van der Waals surface area contributed by atoms with E-state index < -0.39 is 11.9 Å². The highest BCUT2D eigenvalue weighted by Crippen LogP contribution is 2.23. The Bertz CT molecular complexity index is 1080. The maximum Gasteiger partial charge on any atom is 0.350 e. The molecular formula is C18H14N2O5S. The molecule has 0 aliphatic heterocycles. The first kappa shape index (κ1) is 17.6. The van der Waals surface area contributed by atoms with Crippen LogP contribution in [0, 0.1) is 6.92 Å². The molecule has 0 atom stereocenters. The van der Waals surface area contributed by atoms with Gasteiger partial charge in [-0.25, -0.2) is 9.78 Å². The van der Waals surface area contributed by atoms with Gasteiger partial charge in [-0.2, -0.15) is 0 Å². The van der Waals surface area contributed by atoms with Gasteiger partial charge in [0.1, 0.15) is 16.7 Å². The third-order valence-corrected chi connectivity index (χ3v) is 4.57. The van der Waals surface area contributed by atoms with Crippen LogP contribution in [-0.2, 0) is 9.53 Å². The van der Waals surface area contributed by atoms with E-state index in [4.69, 9.17) is 4.42 Å². The molecule has 132 valence electrons. The molecule has 7 nitrogen and oxygen atoms in total. The molecule has 2 heterocycles. The summed E-state index contributed by atoms with van der Waals surface area (Å²) < 4.78 is 10.0. The zero-order chi connectivity index (χ0) is 18.7. The number of nitrogens with zero attached hydrogens (tertiary/aromatic N) is 1. The first-order valence-corrected chi connectivity index (χ1v) is 8.36. The lowest BCUT2D eigenvalue weighted by Crippen LogP contribution is -2.09. The zero-order valence-electron chi connectivity index (χ0n) is 13.9. The van der Waals surface area contributed by atoms with E-state index in [0.29, 0.717) is 21.5 Å². The molecule has 2 aromatic heterocycles. The fraction of sp³-hybridized carbons (Fsp3) is 0.111.